The third kappa shape index (κ3) is 3.79. The quantitative estimate of drug-likeness (QED) is 0.682. The van der Waals surface area contributed by atoms with Crippen LogP contribution in [0.3, 0.4) is 0 Å². The molecule has 3 aromatic rings. The number of aryl methyl sites for hydroxylation is 2. The van der Waals surface area contributed by atoms with E-state index in [4.69, 9.17) is 0 Å². The molecule has 4 rings (SSSR count). The molecule has 0 aliphatic carbocycles. The highest BCUT2D eigenvalue weighted by Gasteiger charge is 2.38. The molecule has 0 spiro atoms. The predicted octanol–water partition coefficient (Wildman–Crippen LogP) is 2.77. The number of thiazole rings is 1. The Balaban J connectivity index is 1.45. The van der Waals surface area contributed by atoms with Gasteiger partial charge >= 0.3 is 0 Å². The molecule has 0 bridgehead atoms. The Morgan fingerprint density at radius 1 is 1.34 bits per heavy atom. The zero-order valence-electron chi connectivity index (χ0n) is 16.5. The Bertz CT molecular complexity index is 1170. The number of carbonyl (C=O) groups excluding carboxylic acids is 1. The monoisotopic (exact) mass is 433 g/mol. The number of sulfonamides is 1. The lowest BCUT2D eigenvalue weighted by Crippen LogP contribution is -2.46. The van der Waals surface area contributed by atoms with Crippen molar-refractivity contribution in [3.8, 4) is 0 Å². The minimum atomic E-state index is -3.64. The molecular weight excluding hydrogens is 410 g/mol. The van der Waals surface area contributed by atoms with E-state index in [2.05, 4.69) is 15.4 Å². The first-order valence-corrected chi connectivity index (χ1v) is 11.7. The number of nitrogens with zero attached hydrogens (tertiary/aromatic N) is 4. The molecule has 2 aromatic heterocycles. The summed E-state index contributed by atoms with van der Waals surface area (Å²) in [5.41, 5.74) is 3.82. The van der Waals surface area contributed by atoms with Crippen LogP contribution in [0.5, 0.6) is 0 Å². The second-order valence-corrected chi connectivity index (χ2v) is 10.2. The van der Waals surface area contributed by atoms with E-state index < -0.39 is 10.0 Å². The van der Waals surface area contributed by atoms with Crippen molar-refractivity contribution in [1.29, 1.82) is 0 Å². The highest BCUT2D eigenvalue weighted by Crippen LogP contribution is 2.30. The van der Waals surface area contributed by atoms with Gasteiger partial charge in [0.05, 0.1) is 21.4 Å². The fourth-order valence-electron chi connectivity index (χ4n) is 3.88. The summed E-state index contributed by atoms with van der Waals surface area (Å²) in [5, 5.41) is 7.10. The molecule has 3 heterocycles. The number of carbonyl (C=O) groups is 1. The lowest BCUT2D eigenvalue weighted by atomic mass is 9.92. The van der Waals surface area contributed by atoms with Gasteiger partial charge in [-0.3, -0.25) is 9.48 Å². The van der Waals surface area contributed by atoms with Gasteiger partial charge in [0.25, 0.3) is 0 Å². The molecule has 8 nitrogen and oxygen atoms in total. The van der Waals surface area contributed by atoms with Crippen LogP contribution in [0.25, 0.3) is 10.2 Å². The van der Waals surface area contributed by atoms with Crippen molar-refractivity contribution in [3.63, 3.8) is 0 Å². The van der Waals surface area contributed by atoms with Crippen LogP contribution in [0.15, 0.2) is 34.8 Å². The fourth-order valence-corrected chi connectivity index (χ4v) is 6.40. The van der Waals surface area contributed by atoms with Crippen molar-refractivity contribution in [2.24, 2.45) is 13.0 Å². The molecule has 0 saturated carbocycles. The van der Waals surface area contributed by atoms with Gasteiger partial charge in [0.15, 0.2) is 0 Å². The third-order valence-corrected chi connectivity index (χ3v) is 8.27. The molecule has 1 N–H and O–H groups in total. The Hall–Kier alpha value is -2.30. The first-order valence-electron chi connectivity index (χ1n) is 9.42. The fraction of sp³-hybridized carbons (Fsp3) is 0.421. The van der Waals surface area contributed by atoms with E-state index in [1.54, 1.807) is 30.8 Å². The van der Waals surface area contributed by atoms with Crippen molar-refractivity contribution in [2.75, 3.05) is 11.9 Å². The van der Waals surface area contributed by atoms with Gasteiger partial charge in [-0.05, 0) is 44.9 Å². The number of piperidine rings is 1. The van der Waals surface area contributed by atoms with E-state index in [-0.39, 0.29) is 22.8 Å². The molecule has 10 heteroatoms. The maximum atomic E-state index is 13.1. The molecule has 1 aliphatic rings. The molecular formula is C19H23N5O3S2. The predicted molar refractivity (Wildman–Crippen MR) is 112 cm³/mol. The van der Waals surface area contributed by atoms with Gasteiger partial charge < -0.3 is 5.32 Å². The summed E-state index contributed by atoms with van der Waals surface area (Å²) in [6.07, 6.45) is 2.49. The smallest absolute Gasteiger partial charge is 0.246 e. The standard InChI is InChI=1S/C19H23N5O3S2/c1-12-8-14(19(25)21-15-4-5-17-16(9-15)20-11-28-17)6-7-24(12)29(26,27)18-10-23(3)22-13(18)2/h4-5,9-12,14H,6-8H2,1-3H3,(H,21,25)/t12-,14-/m0/s1. The number of benzene rings is 1. The second kappa shape index (κ2) is 7.51. The van der Waals surface area contributed by atoms with E-state index in [1.807, 2.05) is 25.1 Å². The lowest BCUT2D eigenvalue weighted by Gasteiger charge is -2.35. The lowest BCUT2D eigenvalue weighted by molar-refractivity contribution is -0.121. The van der Waals surface area contributed by atoms with Crippen LogP contribution in [0.2, 0.25) is 0 Å². The second-order valence-electron chi connectivity index (χ2n) is 7.46. The average Bonchev–Trinajstić information content (AvgIpc) is 3.26. The largest absolute Gasteiger partial charge is 0.326 e. The van der Waals surface area contributed by atoms with Crippen molar-refractivity contribution < 1.29 is 13.2 Å². The molecule has 0 radical (unpaired) electrons. The summed E-state index contributed by atoms with van der Waals surface area (Å²) in [6, 6.07) is 5.39. The van der Waals surface area contributed by atoms with Crippen LogP contribution in [0, 0.1) is 12.8 Å². The molecule has 0 unspecified atom stereocenters. The maximum Gasteiger partial charge on any atom is 0.246 e. The van der Waals surface area contributed by atoms with Crippen molar-refractivity contribution in [1.82, 2.24) is 19.1 Å². The van der Waals surface area contributed by atoms with Gasteiger partial charge in [-0.2, -0.15) is 9.40 Å². The summed E-state index contributed by atoms with van der Waals surface area (Å²) < 4.78 is 30.2. The summed E-state index contributed by atoms with van der Waals surface area (Å²) in [6.45, 7) is 3.85. The Kier molecular flexibility index (Phi) is 5.18. The Morgan fingerprint density at radius 3 is 2.83 bits per heavy atom. The molecule has 1 aliphatic heterocycles. The van der Waals surface area contributed by atoms with Crippen LogP contribution < -0.4 is 5.32 Å². The van der Waals surface area contributed by atoms with Crippen LogP contribution in [0.1, 0.15) is 25.5 Å². The number of hydrogen-bond donors (Lipinski definition) is 1. The van der Waals surface area contributed by atoms with E-state index in [9.17, 15) is 13.2 Å². The number of amides is 1. The summed E-state index contributed by atoms with van der Waals surface area (Å²) >= 11 is 1.55. The highest BCUT2D eigenvalue weighted by atomic mass is 32.2. The van der Waals surface area contributed by atoms with Gasteiger partial charge in [-0.15, -0.1) is 11.3 Å². The number of anilines is 1. The zero-order chi connectivity index (χ0) is 20.8. The van der Waals surface area contributed by atoms with Crippen molar-refractivity contribution in [2.45, 2.75) is 37.6 Å². The maximum absolute atomic E-state index is 13.1. The Morgan fingerprint density at radius 2 is 2.14 bits per heavy atom. The summed E-state index contributed by atoms with van der Waals surface area (Å²) in [7, 11) is -1.93. The van der Waals surface area contributed by atoms with Crippen molar-refractivity contribution in [3.05, 3.63) is 35.6 Å². The van der Waals surface area contributed by atoms with Gasteiger partial charge in [-0.1, -0.05) is 0 Å². The number of fused-ring (bicyclic) bond motifs is 1. The van der Waals surface area contributed by atoms with Crippen LogP contribution in [-0.2, 0) is 21.9 Å². The van der Waals surface area contributed by atoms with Gasteiger partial charge in [0, 0.05) is 37.4 Å². The van der Waals surface area contributed by atoms with Gasteiger partial charge in [0.1, 0.15) is 4.90 Å². The van der Waals surface area contributed by atoms with E-state index in [0.29, 0.717) is 30.8 Å². The molecule has 29 heavy (non-hydrogen) atoms. The van der Waals surface area contributed by atoms with Gasteiger partial charge in [-0.25, -0.2) is 13.4 Å². The topological polar surface area (TPSA) is 97.2 Å². The SMILES string of the molecule is Cc1nn(C)cc1S(=O)(=O)N1CC[C@H](C(=O)Nc2ccc3scnc3c2)C[C@@H]1C. The number of nitrogens with one attached hydrogen (secondary N) is 1. The molecule has 1 fully saturated rings. The molecule has 1 saturated heterocycles. The molecule has 1 amide bonds. The highest BCUT2D eigenvalue weighted by molar-refractivity contribution is 7.89. The molecule has 1 aromatic carbocycles. The summed E-state index contributed by atoms with van der Waals surface area (Å²) in [4.78, 5) is 17.3. The van der Waals surface area contributed by atoms with Crippen LogP contribution in [-0.4, -0.2) is 46.0 Å². The normalized spacial score (nSPS) is 20.8. The first kappa shape index (κ1) is 20.0. The minimum Gasteiger partial charge on any atom is -0.326 e. The van der Waals surface area contributed by atoms with Crippen LogP contribution >= 0.6 is 11.3 Å². The first-order chi connectivity index (χ1) is 13.8. The van der Waals surface area contributed by atoms with E-state index in [1.165, 1.54) is 15.2 Å². The minimum absolute atomic E-state index is 0.0824. The number of hydrogen-bond acceptors (Lipinski definition) is 6. The van der Waals surface area contributed by atoms with E-state index >= 15 is 0 Å². The van der Waals surface area contributed by atoms with Crippen molar-refractivity contribution >= 4 is 43.2 Å². The van der Waals surface area contributed by atoms with Crippen LogP contribution in [0.4, 0.5) is 5.69 Å². The molecule has 154 valence electrons. The molecule has 2 atom stereocenters. The average molecular weight is 434 g/mol. The Labute approximate surface area is 173 Å². The number of aromatic nitrogens is 3. The summed E-state index contributed by atoms with van der Waals surface area (Å²) in [5.74, 6) is -0.321. The third-order valence-electron chi connectivity index (χ3n) is 5.34. The van der Waals surface area contributed by atoms with E-state index in [0.717, 1.165) is 10.2 Å². The van der Waals surface area contributed by atoms with Gasteiger partial charge in [0.2, 0.25) is 15.9 Å². The number of rotatable bonds is 4. The zero-order valence-corrected chi connectivity index (χ0v) is 18.1.